The second kappa shape index (κ2) is 9.30. The van der Waals surface area contributed by atoms with Crippen molar-refractivity contribution in [1.82, 2.24) is 4.90 Å². The zero-order chi connectivity index (χ0) is 20.9. The number of thiophene rings is 1. The molecule has 2 N–H and O–H groups in total. The molecule has 0 fully saturated rings. The van der Waals surface area contributed by atoms with Gasteiger partial charge in [0.15, 0.2) is 6.54 Å². The summed E-state index contributed by atoms with van der Waals surface area (Å²) in [5.74, 6) is -0.744. The van der Waals surface area contributed by atoms with Crippen molar-refractivity contribution in [2.45, 2.75) is 39.8 Å². The average Bonchev–Trinajstić information content (AvgIpc) is 2.98. The first-order valence-electron chi connectivity index (χ1n) is 9.26. The van der Waals surface area contributed by atoms with Crippen LogP contribution in [0.15, 0.2) is 35.7 Å². The van der Waals surface area contributed by atoms with Gasteiger partial charge in [0.25, 0.3) is 5.91 Å². The van der Waals surface area contributed by atoms with Crippen molar-refractivity contribution in [3.63, 3.8) is 0 Å². The van der Waals surface area contributed by atoms with Crippen LogP contribution in [0.1, 0.15) is 31.2 Å². The lowest BCUT2D eigenvalue weighted by molar-refractivity contribution is -0.885. The van der Waals surface area contributed by atoms with Gasteiger partial charge in [-0.2, -0.15) is 0 Å². The van der Waals surface area contributed by atoms with E-state index in [1.807, 2.05) is 27.8 Å². The Morgan fingerprint density at radius 1 is 1.18 bits per heavy atom. The smallest absolute Gasteiger partial charge is 0.278 e. The van der Waals surface area contributed by atoms with Crippen molar-refractivity contribution < 1.29 is 18.9 Å². The van der Waals surface area contributed by atoms with Crippen LogP contribution in [-0.2, 0) is 16.1 Å². The van der Waals surface area contributed by atoms with E-state index in [0.717, 1.165) is 11.4 Å². The summed E-state index contributed by atoms with van der Waals surface area (Å²) in [6, 6.07) is 7.65. The molecule has 1 aromatic carbocycles. The predicted octanol–water partition coefficient (Wildman–Crippen LogP) is 2.48. The summed E-state index contributed by atoms with van der Waals surface area (Å²) in [6.07, 6.45) is 0. The molecule has 0 bridgehead atoms. The van der Waals surface area contributed by atoms with Crippen molar-refractivity contribution in [3.05, 3.63) is 52.0 Å². The van der Waals surface area contributed by atoms with Gasteiger partial charge in [-0.1, -0.05) is 0 Å². The highest BCUT2D eigenvalue weighted by Gasteiger charge is 2.30. The maximum absolute atomic E-state index is 13.0. The summed E-state index contributed by atoms with van der Waals surface area (Å²) in [7, 11) is 1.98. The van der Waals surface area contributed by atoms with Gasteiger partial charge in [-0.25, -0.2) is 4.39 Å². The van der Waals surface area contributed by atoms with Crippen LogP contribution < -0.4 is 10.2 Å². The van der Waals surface area contributed by atoms with Crippen LogP contribution in [0.2, 0.25) is 0 Å². The Morgan fingerprint density at radius 3 is 2.36 bits per heavy atom. The summed E-state index contributed by atoms with van der Waals surface area (Å²) in [5, 5.41) is 4.78. The summed E-state index contributed by atoms with van der Waals surface area (Å²) >= 11 is 1.70. The molecule has 0 saturated carbocycles. The fourth-order valence-electron chi connectivity index (χ4n) is 2.85. The third-order valence-corrected chi connectivity index (χ3v) is 5.45. The van der Waals surface area contributed by atoms with E-state index in [9.17, 15) is 14.0 Å². The number of anilines is 1. The molecule has 2 rings (SSSR count). The van der Waals surface area contributed by atoms with Gasteiger partial charge in [0.1, 0.15) is 18.9 Å². The van der Waals surface area contributed by atoms with Gasteiger partial charge < -0.3 is 15.1 Å². The number of halogens is 1. The van der Waals surface area contributed by atoms with Crippen LogP contribution in [0.5, 0.6) is 0 Å². The first-order valence-corrected chi connectivity index (χ1v) is 10.1. The number of carbonyl (C=O) groups is 2. The molecule has 1 unspecified atom stereocenters. The van der Waals surface area contributed by atoms with E-state index in [4.69, 9.17) is 0 Å². The van der Waals surface area contributed by atoms with Crippen molar-refractivity contribution in [1.29, 1.82) is 0 Å². The highest BCUT2D eigenvalue weighted by molar-refractivity contribution is 7.10. The van der Waals surface area contributed by atoms with Gasteiger partial charge in [-0.3, -0.25) is 9.59 Å². The third-order valence-electron chi connectivity index (χ3n) is 4.42. The predicted molar refractivity (Wildman–Crippen MR) is 111 cm³/mol. The lowest BCUT2D eigenvalue weighted by Gasteiger charge is -2.35. The molecular weight excluding hydrogens is 377 g/mol. The number of rotatable bonds is 7. The largest absolute Gasteiger partial charge is 0.325 e. The number of nitrogens with zero attached hydrogens (tertiary/aromatic N) is 1. The molecule has 1 aromatic heterocycles. The van der Waals surface area contributed by atoms with E-state index in [1.54, 1.807) is 16.2 Å². The summed E-state index contributed by atoms with van der Waals surface area (Å²) in [4.78, 5) is 29.3. The van der Waals surface area contributed by atoms with E-state index in [0.29, 0.717) is 12.2 Å². The maximum atomic E-state index is 13.0. The minimum absolute atomic E-state index is 0.0506. The van der Waals surface area contributed by atoms with Crippen LogP contribution in [0.25, 0.3) is 0 Å². The Morgan fingerprint density at radius 2 is 1.82 bits per heavy atom. The second-order valence-electron chi connectivity index (χ2n) is 8.04. The van der Waals surface area contributed by atoms with Crippen LogP contribution >= 0.6 is 11.3 Å². The molecule has 152 valence electrons. The van der Waals surface area contributed by atoms with Crippen LogP contribution in [0, 0.1) is 12.7 Å². The first-order chi connectivity index (χ1) is 13.1. The second-order valence-corrected chi connectivity index (χ2v) is 9.04. The van der Waals surface area contributed by atoms with Gasteiger partial charge >= 0.3 is 0 Å². The fourth-order valence-corrected chi connectivity index (χ4v) is 3.87. The molecule has 0 radical (unpaired) electrons. The molecule has 7 heteroatoms. The summed E-state index contributed by atoms with van der Waals surface area (Å²) in [6.45, 7) is 8.83. The monoisotopic (exact) mass is 406 g/mol. The topological polar surface area (TPSA) is 53.9 Å². The Labute approximate surface area is 170 Å². The first kappa shape index (κ1) is 22.0. The maximum Gasteiger partial charge on any atom is 0.278 e. The minimum atomic E-state index is -0.490. The Balaban J connectivity index is 1.99. The lowest BCUT2D eigenvalue weighted by atomic mass is 10.1. The number of aryl methyl sites for hydroxylation is 1. The number of likely N-dealkylation sites (N-methyl/N-ethyl adjacent to an activating group) is 1. The highest BCUT2D eigenvalue weighted by atomic mass is 32.1. The molecule has 1 atom stereocenters. The fraction of sp³-hybridized carbons (Fsp3) is 0.429. The Hall–Kier alpha value is -2.25. The van der Waals surface area contributed by atoms with Gasteiger partial charge in [-0.15, -0.1) is 11.3 Å². The molecule has 0 aliphatic rings. The number of nitrogens with one attached hydrogen (secondary N) is 2. The van der Waals surface area contributed by atoms with Gasteiger partial charge in [0, 0.05) is 11.2 Å². The standard InChI is InChI=1S/C21H28FN3O2S/c1-15-10-11-28-18(15)12-24(5)14-20(27)25(21(2,3)4)13-19(26)23-17-8-6-16(22)7-9-17/h6-11H,12-14H2,1-5H3,(H,23,26)/p+1. The molecule has 5 nitrogen and oxygen atoms in total. The molecule has 28 heavy (non-hydrogen) atoms. The molecule has 2 amide bonds. The highest BCUT2D eigenvalue weighted by Crippen LogP contribution is 2.15. The van der Waals surface area contributed by atoms with E-state index in [2.05, 4.69) is 23.7 Å². The van der Waals surface area contributed by atoms with Gasteiger partial charge in [0.05, 0.1) is 11.9 Å². The van der Waals surface area contributed by atoms with Crippen molar-refractivity contribution in [2.24, 2.45) is 0 Å². The normalized spacial score (nSPS) is 12.5. The Kier molecular flexibility index (Phi) is 7.32. The molecule has 0 aliphatic heterocycles. The molecule has 0 saturated heterocycles. The molecule has 2 aromatic rings. The van der Waals surface area contributed by atoms with Crippen molar-refractivity contribution >= 4 is 28.8 Å². The SMILES string of the molecule is Cc1ccsc1C[NH+](C)CC(=O)N(CC(=O)Nc1ccc(F)cc1)C(C)(C)C. The summed E-state index contributed by atoms with van der Waals surface area (Å²) < 4.78 is 13.0. The van der Waals surface area contributed by atoms with Crippen molar-refractivity contribution in [2.75, 3.05) is 25.5 Å². The average molecular weight is 407 g/mol. The number of benzene rings is 1. The van der Waals surface area contributed by atoms with E-state index in [-0.39, 0.29) is 24.2 Å². The van der Waals surface area contributed by atoms with E-state index < -0.39 is 5.54 Å². The number of carbonyl (C=O) groups excluding carboxylic acids is 2. The number of hydrogen-bond donors (Lipinski definition) is 2. The van der Waals surface area contributed by atoms with Crippen LogP contribution in [0.3, 0.4) is 0 Å². The Bertz CT molecular complexity index is 812. The molecule has 0 aliphatic carbocycles. The number of hydrogen-bond acceptors (Lipinski definition) is 3. The molecule has 0 spiro atoms. The molecular formula is C21H29FN3O2S+. The zero-order valence-electron chi connectivity index (χ0n) is 17.1. The van der Waals surface area contributed by atoms with E-state index in [1.165, 1.54) is 34.7 Å². The molecule has 1 heterocycles. The van der Waals surface area contributed by atoms with Crippen molar-refractivity contribution in [3.8, 4) is 0 Å². The van der Waals surface area contributed by atoms with Gasteiger partial charge in [-0.05, 0) is 69.0 Å². The lowest BCUT2D eigenvalue weighted by Crippen LogP contribution is -3.09. The van der Waals surface area contributed by atoms with E-state index >= 15 is 0 Å². The number of amides is 2. The quantitative estimate of drug-likeness (QED) is 0.742. The minimum Gasteiger partial charge on any atom is -0.325 e. The number of quaternary nitrogens is 1. The summed E-state index contributed by atoms with van der Waals surface area (Å²) in [5.41, 5.74) is 1.25. The van der Waals surface area contributed by atoms with Gasteiger partial charge in [0.2, 0.25) is 5.91 Å². The van der Waals surface area contributed by atoms with Crippen LogP contribution in [0.4, 0.5) is 10.1 Å². The third kappa shape index (κ3) is 6.42. The van der Waals surface area contributed by atoms with Crippen LogP contribution in [-0.4, -0.2) is 42.4 Å². The zero-order valence-corrected chi connectivity index (χ0v) is 18.0.